The summed E-state index contributed by atoms with van der Waals surface area (Å²) in [6.45, 7) is 0. The molecule has 0 saturated heterocycles. The Bertz CT molecular complexity index is 288. The van der Waals surface area contributed by atoms with Crippen LogP contribution in [0.15, 0.2) is 24.3 Å². The average molecular weight is 165 g/mol. The molecule has 2 nitrogen and oxygen atoms in total. The van der Waals surface area contributed by atoms with E-state index in [1.807, 2.05) is 6.07 Å². The number of nitriles is 1. The molecule has 0 fully saturated rings. The van der Waals surface area contributed by atoms with Crippen molar-refractivity contribution in [2.24, 2.45) is 0 Å². The van der Waals surface area contributed by atoms with Crippen LogP contribution >= 0.6 is 0 Å². The predicted octanol–water partition coefficient (Wildman–Crippen LogP) is 2.04. The van der Waals surface area contributed by atoms with Crippen LogP contribution in [-0.4, -0.2) is 7.11 Å². The second-order valence-corrected chi connectivity index (χ2v) is 2.30. The number of rotatable bonds is 2. The van der Waals surface area contributed by atoms with Crippen LogP contribution in [0.5, 0.6) is 0 Å². The summed E-state index contributed by atoms with van der Waals surface area (Å²) in [6.07, 6.45) is -0.606. The molecule has 0 spiro atoms. The van der Waals surface area contributed by atoms with Gasteiger partial charge < -0.3 is 4.74 Å². The van der Waals surface area contributed by atoms with Gasteiger partial charge in [-0.2, -0.15) is 5.26 Å². The van der Waals surface area contributed by atoms with Crippen LogP contribution in [0.25, 0.3) is 0 Å². The van der Waals surface area contributed by atoms with Gasteiger partial charge in [0.1, 0.15) is 5.82 Å². The number of hydrogen-bond donors (Lipinski definition) is 0. The SMILES string of the molecule is CO[C@@H](C#N)c1ccc(F)cc1. The van der Waals surface area contributed by atoms with Crippen LogP contribution in [0.2, 0.25) is 0 Å². The van der Waals surface area contributed by atoms with Crippen molar-refractivity contribution in [1.29, 1.82) is 5.26 Å². The van der Waals surface area contributed by atoms with Gasteiger partial charge in [0.15, 0.2) is 6.10 Å². The maximum absolute atomic E-state index is 12.4. The highest BCUT2D eigenvalue weighted by molar-refractivity contribution is 5.22. The number of hydrogen-bond acceptors (Lipinski definition) is 2. The van der Waals surface area contributed by atoms with Gasteiger partial charge in [-0.15, -0.1) is 0 Å². The maximum atomic E-state index is 12.4. The normalized spacial score (nSPS) is 12.1. The van der Waals surface area contributed by atoms with Crippen molar-refractivity contribution in [1.82, 2.24) is 0 Å². The van der Waals surface area contributed by atoms with E-state index in [1.54, 1.807) is 0 Å². The molecule has 1 rings (SSSR count). The van der Waals surface area contributed by atoms with Crippen LogP contribution in [0.4, 0.5) is 4.39 Å². The molecule has 0 N–H and O–H groups in total. The molecule has 12 heavy (non-hydrogen) atoms. The zero-order chi connectivity index (χ0) is 8.97. The van der Waals surface area contributed by atoms with Gasteiger partial charge in [0.25, 0.3) is 0 Å². The minimum Gasteiger partial charge on any atom is -0.362 e. The van der Waals surface area contributed by atoms with Crippen LogP contribution in [-0.2, 0) is 4.74 Å². The number of nitrogens with zero attached hydrogens (tertiary/aromatic N) is 1. The van der Waals surface area contributed by atoms with Gasteiger partial charge in [-0.05, 0) is 17.7 Å². The molecular formula is C9H8FNO. The molecule has 0 aliphatic heterocycles. The van der Waals surface area contributed by atoms with Crippen LogP contribution in [0, 0.1) is 17.1 Å². The Morgan fingerprint density at radius 2 is 2.00 bits per heavy atom. The number of benzene rings is 1. The van der Waals surface area contributed by atoms with Crippen LogP contribution < -0.4 is 0 Å². The molecule has 1 aromatic rings. The smallest absolute Gasteiger partial charge is 0.168 e. The first-order chi connectivity index (χ1) is 5.77. The van der Waals surface area contributed by atoms with E-state index in [-0.39, 0.29) is 5.82 Å². The van der Waals surface area contributed by atoms with Crippen molar-refractivity contribution < 1.29 is 9.13 Å². The van der Waals surface area contributed by atoms with Gasteiger partial charge in [-0.3, -0.25) is 0 Å². The highest BCUT2D eigenvalue weighted by Gasteiger charge is 2.07. The summed E-state index contributed by atoms with van der Waals surface area (Å²) < 4.78 is 17.3. The quantitative estimate of drug-likeness (QED) is 0.671. The number of halogens is 1. The summed E-state index contributed by atoms with van der Waals surface area (Å²) >= 11 is 0. The van der Waals surface area contributed by atoms with Crippen molar-refractivity contribution >= 4 is 0 Å². The number of ether oxygens (including phenoxy) is 1. The molecule has 0 amide bonds. The highest BCUT2D eigenvalue weighted by Crippen LogP contribution is 2.15. The summed E-state index contributed by atoms with van der Waals surface area (Å²) in [5.74, 6) is -0.313. The Kier molecular flexibility index (Phi) is 2.78. The Morgan fingerprint density at radius 3 is 2.42 bits per heavy atom. The fourth-order valence-electron chi connectivity index (χ4n) is 0.901. The Morgan fingerprint density at radius 1 is 1.42 bits per heavy atom. The van der Waals surface area contributed by atoms with E-state index in [0.717, 1.165) is 0 Å². The third kappa shape index (κ3) is 1.80. The van der Waals surface area contributed by atoms with Gasteiger partial charge in [0.2, 0.25) is 0 Å². The summed E-state index contributed by atoms with van der Waals surface area (Å²) in [4.78, 5) is 0. The van der Waals surface area contributed by atoms with Gasteiger partial charge in [0.05, 0.1) is 6.07 Å². The Labute approximate surface area is 70.2 Å². The lowest BCUT2D eigenvalue weighted by molar-refractivity contribution is 0.148. The lowest BCUT2D eigenvalue weighted by Crippen LogP contribution is -1.97. The van der Waals surface area contributed by atoms with Gasteiger partial charge >= 0.3 is 0 Å². The number of methoxy groups -OCH3 is 1. The maximum Gasteiger partial charge on any atom is 0.168 e. The predicted molar refractivity (Wildman–Crippen MR) is 41.8 cm³/mol. The largest absolute Gasteiger partial charge is 0.362 e. The summed E-state index contributed by atoms with van der Waals surface area (Å²) in [7, 11) is 1.44. The second kappa shape index (κ2) is 3.84. The minimum absolute atomic E-state index is 0.313. The zero-order valence-electron chi connectivity index (χ0n) is 6.62. The highest BCUT2D eigenvalue weighted by atomic mass is 19.1. The van der Waals surface area contributed by atoms with Gasteiger partial charge in [-0.25, -0.2) is 4.39 Å². The summed E-state index contributed by atoms with van der Waals surface area (Å²) in [5.41, 5.74) is 0.668. The summed E-state index contributed by atoms with van der Waals surface area (Å²) in [5, 5.41) is 8.58. The molecule has 3 heteroatoms. The fraction of sp³-hybridized carbons (Fsp3) is 0.222. The van der Waals surface area contributed by atoms with Crippen molar-refractivity contribution in [3.8, 4) is 6.07 Å². The third-order valence-corrected chi connectivity index (χ3v) is 1.53. The molecular weight excluding hydrogens is 157 g/mol. The van der Waals surface area contributed by atoms with Gasteiger partial charge in [0, 0.05) is 7.11 Å². The first-order valence-electron chi connectivity index (χ1n) is 3.46. The van der Waals surface area contributed by atoms with Crippen molar-refractivity contribution in [3.05, 3.63) is 35.6 Å². The first-order valence-corrected chi connectivity index (χ1v) is 3.46. The van der Waals surface area contributed by atoms with E-state index in [9.17, 15) is 4.39 Å². The lowest BCUT2D eigenvalue weighted by Gasteiger charge is -2.05. The van der Waals surface area contributed by atoms with E-state index >= 15 is 0 Å². The topological polar surface area (TPSA) is 33.0 Å². The molecule has 0 aromatic heterocycles. The average Bonchev–Trinajstić information content (AvgIpc) is 2.10. The van der Waals surface area contributed by atoms with Gasteiger partial charge in [-0.1, -0.05) is 12.1 Å². The molecule has 1 atom stereocenters. The van der Waals surface area contributed by atoms with Crippen LogP contribution in [0.1, 0.15) is 11.7 Å². The van der Waals surface area contributed by atoms with Crippen LogP contribution in [0.3, 0.4) is 0 Å². The Hall–Kier alpha value is -1.40. The summed E-state index contributed by atoms with van der Waals surface area (Å²) in [6, 6.07) is 7.62. The molecule has 62 valence electrons. The fourth-order valence-corrected chi connectivity index (χ4v) is 0.901. The van der Waals surface area contributed by atoms with Crippen molar-refractivity contribution in [2.45, 2.75) is 6.10 Å². The van der Waals surface area contributed by atoms with E-state index in [2.05, 4.69) is 0 Å². The minimum atomic E-state index is -0.606. The molecule has 0 saturated carbocycles. The first kappa shape index (κ1) is 8.69. The molecule has 1 aromatic carbocycles. The van der Waals surface area contributed by atoms with E-state index < -0.39 is 6.10 Å². The Balaban J connectivity index is 2.89. The van der Waals surface area contributed by atoms with E-state index in [4.69, 9.17) is 10.00 Å². The van der Waals surface area contributed by atoms with E-state index in [1.165, 1.54) is 31.4 Å². The molecule has 0 unspecified atom stereocenters. The van der Waals surface area contributed by atoms with Crippen molar-refractivity contribution in [3.63, 3.8) is 0 Å². The molecule has 0 heterocycles. The standard InChI is InChI=1S/C9H8FNO/c1-12-9(6-11)7-2-4-8(10)5-3-7/h2-5,9H,1H3/t9-/m0/s1. The third-order valence-electron chi connectivity index (χ3n) is 1.53. The zero-order valence-corrected chi connectivity index (χ0v) is 6.62. The molecule has 0 aliphatic rings. The molecule has 0 radical (unpaired) electrons. The second-order valence-electron chi connectivity index (χ2n) is 2.30. The van der Waals surface area contributed by atoms with E-state index in [0.29, 0.717) is 5.56 Å². The molecule has 0 aliphatic carbocycles. The monoisotopic (exact) mass is 165 g/mol. The lowest BCUT2D eigenvalue weighted by atomic mass is 10.1. The molecule has 0 bridgehead atoms. The van der Waals surface area contributed by atoms with Crippen molar-refractivity contribution in [2.75, 3.05) is 7.11 Å².